The summed E-state index contributed by atoms with van der Waals surface area (Å²) < 4.78 is 0. The molecule has 1 N–H and O–H groups in total. The lowest BCUT2D eigenvalue weighted by Crippen LogP contribution is -2.32. The molecular weight excluding hydrogens is 280 g/mol. The van der Waals surface area contributed by atoms with Crippen molar-refractivity contribution in [1.82, 2.24) is 0 Å². The second-order valence-electron chi connectivity index (χ2n) is 6.24. The van der Waals surface area contributed by atoms with E-state index in [4.69, 9.17) is 0 Å². The summed E-state index contributed by atoms with van der Waals surface area (Å²) in [6.07, 6.45) is 5.08. The SMILES string of the molecule is CC(=O)Nc1cccc(N2C(=O)C3C(C2=O)[C@H]2C=C[C@@H]3C2)c1. The molecule has 112 valence electrons. The zero-order chi connectivity index (χ0) is 15.4. The van der Waals surface area contributed by atoms with E-state index in [2.05, 4.69) is 17.5 Å². The summed E-state index contributed by atoms with van der Waals surface area (Å²) in [4.78, 5) is 37.9. The molecule has 1 saturated carbocycles. The smallest absolute Gasteiger partial charge is 0.238 e. The number of hydrogen-bond donors (Lipinski definition) is 1. The first-order valence-electron chi connectivity index (χ1n) is 7.50. The minimum absolute atomic E-state index is 0.105. The summed E-state index contributed by atoms with van der Waals surface area (Å²) in [5, 5.41) is 2.68. The number of imide groups is 1. The molecule has 3 aliphatic rings. The van der Waals surface area contributed by atoms with E-state index in [-0.39, 0.29) is 41.4 Å². The quantitative estimate of drug-likeness (QED) is 0.670. The van der Waals surface area contributed by atoms with Crippen molar-refractivity contribution in [2.75, 3.05) is 10.2 Å². The Bertz CT molecular complexity index is 694. The Hall–Kier alpha value is -2.43. The number of carbonyl (C=O) groups is 3. The van der Waals surface area contributed by atoms with E-state index in [1.165, 1.54) is 11.8 Å². The molecule has 3 amide bonds. The van der Waals surface area contributed by atoms with Crippen LogP contribution in [-0.4, -0.2) is 17.7 Å². The minimum Gasteiger partial charge on any atom is -0.326 e. The minimum atomic E-state index is -0.202. The highest BCUT2D eigenvalue weighted by molar-refractivity contribution is 6.23. The molecule has 2 unspecified atom stereocenters. The maximum atomic E-state index is 12.7. The van der Waals surface area contributed by atoms with Crippen molar-refractivity contribution in [2.45, 2.75) is 13.3 Å². The average Bonchev–Trinajstić information content (AvgIpc) is 3.12. The maximum Gasteiger partial charge on any atom is 0.238 e. The van der Waals surface area contributed by atoms with Crippen molar-refractivity contribution in [3.63, 3.8) is 0 Å². The molecule has 2 fully saturated rings. The Morgan fingerprint density at radius 1 is 1.14 bits per heavy atom. The Kier molecular flexibility index (Phi) is 2.73. The Morgan fingerprint density at radius 3 is 2.36 bits per heavy atom. The van der Waals surface area contributed by atoms with Gasteiger partial charge in [-0.15, -0.1) is 0 Å². The average molecular weight is 296 g/mol. The van der Waals surface area contributed by atoms with Crippen molar-refractivity contribution in [3.05, 3.63) is 36.4 Å². The Morgan fingerprint density at radius 2 is 1.77 bits per heavy atom. The predicted octanol–water partition coefficient (Wildman–Crippen LogP) is 1.96. The van der Waals surface area contributed by atoms with Gasteiger partial charge in [0.2, 0.25) is 17.7 Å². The Labute approximate surface area is 128 Å². The molecule has 0 aromatic heterocycles. The van der Waals surface area contributed by atoms with E-state index in [9.17, 15) is 14.4 Å². The van der Waals surface area contributed by atoms with Gasteiger partial charge in [0.15, 0.2) is 0 Å². The molecule has 2 aliphatic carbocycles. The fourth-order valence-electron chi connectivity index (χ4n) is 4.08. The third-order valence-electron chi connectivity index (χ3n) is 4.90. The monoisotopic (exact) mass is 296 g/mol. The van der Waals surface area contributed by atoms with Crippen LogP contribution in [0, 0.1) is 23.7 Å². The third-order valence-corrected chi connectivity index (χ3v) is 4.90. The number of allylic oxidation sites excluding steroid dienone is 2. The van der Waals surface area contributed by atoms with E-state index in [1.807, 2.05) is 0 Å². The lowest BCUT2D eigenvalue weighted by molar-refractivity contribution is -0.123. The topological polar surface area (TPSA) is 66.5 Å². The van der Waals surface area contributed by atoms with Crippen LogP contribution in [0.15, 0.2) is 36.4 Å². The molecule has 1 aromatic carbocycles. The standard InChI is InChI=1S/C17H16N2O3/c1-9(20)18-12-3-2-4-13(8-12)19-16(21)14-10-5-6-11(7-10)15(14)17(19)22/h2-6,8,10-11,14-15H,7H2,1H3,(H,18,20)/t10-,11+,14?,15?. The van der Waals surface area contributed by atoms with Gasteiger partial charge < -0.3 is 5.32 Å². The molecule has 1 aliphatic heterocycles. The molecule has 22 heavy (non-hydrogen) atoms. The molecular formula is C17H16N2O3. The van der Waals surface area contributed by atoms with E-state index in [0.29, 0.717) is 11.4 Å². The van der Waals surface area contributed by atoms with Gasteiger partial charge in [-0.1, -0.05) is 18.2 Å². The molecule has 5 heteroatoms. The van der Waals surface area contributed by atoms with Crippen LogP contribution in [0.3, 0.4) is 0 Å². The predicted molar refractivity (Wildman–Crippen MR) is 81.0 cm³/mol. The van der Waals surface area contributed by atoms with Crippen LogP contribution >= 0.6 is 0 Å². The van der Waals surface area contributed by atoms with E-state index >= 15 is 0 Å². The summed E-state index contributed by atoms with van der Waals surface area (Å²) in [5.74, 6) is -0.391. The van der Waals surface area contributed by atoms with Crippen molar-refractivity contribution in [1.29, 1.82) is 0 Å². The molecule has 0 spiro atoms. The second kappa shape index (κ2) is 4.53. The van der Waals surface area contributed by atoms with Gasteiger partial charge in [-0.3, -0.25) is 14.4 Å². The van der Waals surface area contributed by atoms with Crippen molar-refractivity contribution < 1.29 is 14.4 Å². The number of rotatable bonds is 2. The van der Waals surface area contributed by atoms with Gasteiger partial charge in [-0.2, -0.15) is 0 Å². The normalized spacial score (nSPS) is 31.8. The zero-order valence-electron chi connectivity index (χ0n) is 12.2. The fraction of sp³-hybridized carbons (Fsp3) is 0.353. The zero-order valence-corrected chi connectivity index (χ0v) is 12.2. The molecule has 2 bridgehead atoms. The lowest BCUT2D eigenvalue weighted by atomic mass is 9.85. The van der Waals surface area contributed by atoms with E-state index < -0.39 is 0 Å². The number of benzene rings is 1. The molecule has 1 heterocycles. The summed E-state index contributed by atoms with van der Waals surface area (Å²) in [5.41, 5.74) is 1.12. The highest BCUT2D eigenvalue weighted by Crippen LogP contribution is 2.53. The molecule has 4 rings (SSSR count). The molecule has 4 atom stereocenters. The first-order chi connectivity index (χ1) is 10.6. The second-order valence-corrected chi connectivity index (χ2v) is 6.24. The van der Waals surface area contributed by atoms with E-state index in [0.717, 1.165) is 6.42 Å². The molecule has 1 saturated heterocycles. The first-order valence-corrected chi connectivity index (χ1v) is 7.50. The Balaban J connectivity index is 1.68. The van der Waals surface area contributed by atoms with E-state index in [1.54, 1.807) is 24.3 Å². The highest BCUT2D eigenvalue weighted by Gasteiger charge is 2.59. The summed E-state index contributed by atoms with van der Waals surface area (Å²) in [6, 6.07) is 6.88. The van der Waals surface area contributed by atoms with Crippen molar-refractivity contribution in [2.24, 2.45) is 23.7 Å². The third kappa shape index (κ3) is 1.75. The number of nitrogens with one attached hydrogen (secondary N) is 1. The van der Waals surface area contributed by atoms with Crippen LogP contribution in [0.1, 0.15) is 13.3 Å². The molecule has 1 aromatic rings. The van der Waals surface area contributed by atoms with Gasteiger partial charge >= 0.3 is 0 Å². The summed E-state index contributed by atoms with van der Waals surface area (Å²) in [7, 11) is 0. The van der Waals surface area contributed by atoms with Crippen LogP contribution in [-0.2, 0) is 14.4 Å². The highest BCUT2D eigenvalue weighted by atomic mass is 16.2. The van der Waals surface area contributed by atoms with Crippen LogP contribution in [0.25, 0.3) is 0 Å². The van der Waals surface area contributed by atoms with Crippen LogP contribution in [0.2, 0.25) is 0 Å². The van der Waals surface area contributed by atoms with Crippen LogP contribution in [0.5, 0.6) is 0 Å². The van der Waals surface area contributed by atoms with Gasteiger partial charge in [0.25, 0.3) is 0 Å². The summed E-state index contributed by atoms with van der Waals surface area (Å²) >= 11 is 0. The van der Waals surface area contributed by atoms with Gasteiger partial charge in [0, 0.05) is 12.6 Å². The van der Waals surface area contributed by atoms with Gasteiger partial charge in [0.1, 0.15) is 0 Å². The first kappa shape index (κ1) is 13.2. The van der Waals surface area contributed by atoms with Gasteiger partial charge in [-0.05, 0) is 36.5 Å². The number of hydrogen-bond acceptors (Lipinski definition) is 3. The van der Waals surface area contributed by atoms with Crippen LogP contribution in [0.4, 0.5) is 11.4 Å². The van der Waals surface area contributed by atoms with Gasteiger partial charge in [-0.25, -0.2) is 4.90 Å². The van der Waals surface area contributed by atoms with Crippen LogP contribution < -0.4 is 10.2 Å². The number of anilines is 2. The molecule has 0 radical (unpaired) electrons. The lowest BCUT2D eigenvalue weighted by Gasteiger charge is -2.18. The van der Waals surface area contributed by atoms with Gasteiger partial charge in [0.05, 0.1) is 17.5 Å². The summed E-state index contributed by atoms with van der Waals surface area (Å²) in [6.45, 7) is 1.42. The number of carbonyl (C=O) groups excluding carboxylic acids is 3. The fourth-order valence-corrected chi connectivity index (χ4v) is 4.08. The number of nitrogens with zero attached hydrogens (tertiary/aromatic N) is 1. The number of amides is 3. The number of fused-ring (bicyclic) bond motifs is 5. The largest absolute Gasteiger partial charge is 0.326 e. The maximum absolute atomic E-state index is 12.7. The van der Waals surface area contributed by atoms with Crippen molar-refractivity contribution in [3.8, 4) is 0 Å². The van der Waals surface area contributed by atoms with Crippen molar-refractivity contribution >= 4 is 29.1 Å². The molecule has 5 nitrogen and oxygen atoms in total.